The van der Waals surface area contributed by atoms with Crippen molar-refractivity contribution in [1.82, 2.24) is 16.0 Å². The van der Waals surface area contributed by atoms with Crippen LogP contribution in [0, 0.1) is 62.4 Å². The highest BCUT2D eigenvalue weighted by molar-refractivity contribution is 7.98. The highest BCUT2D eigenvalue weighted by Gasteiger charge is 2.59. The van der Waals surface area contributed by atoms with Gasteiger partial charge in [0.1, 0.15) is 24.4 Å². The normalized spacial score (nSPS) is 25.1. The van der Waals surface area contributed by atoms with Crippen molar-refractivity contribution in [3.8, 4) is 5.75 Å². The Labute approximate surface area is 450 Å². The monoisotopic (exact) mass is 1060 g/mol. The van der Waals surface area contributed by atoms with Crippen LogP contribution >= 0.6 is 11.8 Å². The Morgan fingerprint density at radius 3 is 2.23 bits per heavy atom. The van der Waals surface area contributed by atoms with Crippen molar-refractivity contribution in [3.05, 3.63) is 75.9 Å². The average Bonchev–Trinajstić information content (AvgIpc) is 3.73. The van der Waals surface area contributed by atoms with E-state index in [0.717, 1.165) is 48.3 Å². The molecule has 4 N–H and O–H groups in total. The Balaban J connectivity index is 0.883. The largest absolute Gasteiger partial charge is 0.514 e. The van der Waals surface area contributed by atoms with Crippen molar-refractivity contribution < 1.29 is 43.1 Å². The molecule has 0 saturated heterocycles. The Kier molecular flexibility index (Phi) is 22.1. The van der Waals surface area contributed by atoms with Gasteiger partial charge in [-0.05, 0) is 165 Å². The molecule has 0 aliphatic heterocycles. The van der Waals surface area contributed by atoms with E-state index in [0.29, 0.717) is 54.8 Å². The molecule has 3 saturated carbocycles. The molecule has 75 heavy (non-hydrogen) atoms. The van der Waals surface area contributed by atoms with Crippen LogP contribution in [0.1, 0.15) is 157 Å². The number of nitro groups is 1. The molecule has 0 radical (unpaired) electrons. The Bertz CT molecular complexity index is 2270. The van der Waals surface area contributed by atoms with E-state index in [-0.39, 0.29) is 54.2 Å². The summed E-state index contributed by atoms with van der Waals surface area (Å²) in [4.78, 5) is 75.7. The van der Waals surface area contributed by atoms with Gasteiger partial charge in [0.05, 0.1) is 11.0 Å². The quantitative estimate of drug-likeness (QED) is 0.0165. The van der Waals surface area contributed by atoms with Crippen LogP contribution in [0.15, 0.2) is 60.2 Å². The maximum atomic E-state index is 13.7. The summed E-state index contributed by atoms with van der Waals surface area (Å²) < 4.78 is 16.7. The third-order valence-electron chi connectivity index (χ3n) is 17.3. The second-order valence-electron chi connectivity index (χ2n) is 23.4. The average molecular weight is 1060 g/mol. The van der Waals surface area contributed by atoms with Crippen LogP contribution in [0.2, 0.25) is 0 Å². The van der Waals surface area contributed by atoms with Gasteiger partial charge in [0, 0.05) is 43.8 Å². The first kappa shape index (κ1) is 59.3. The molecule has 3 unspecified atom stereocenters. The van der Waals surface area contributed by atoms with E-state index in [4.69, 9.17) is 14.2 Å². The van der Waals surface area contributed by atoms with Crippen LogP contribution in [0.25, 0.3) is 0 Å². The Morgan fingerprint density at radius 2 is 1.53 bits per heavy atom. The molecule has 0 bridgehead atoms. The van der Waals surface area contributed by atoms with Crippen LogP contribution in [-0.4, -0.2) is 78.1 Å². The van der Waals surface area contributed by atoms with Crippen molar-refractivity contribution >= 4 is 52.9 Å². The second kappa shape index (κ2) is 27.9. The minimum absolute atomic E-state index is 0.0197. The number of rotatable bonds is 27. The van der Waals surface area contributed by atoms with Crippen LogP contribution in [0.3, 0.4) is 0 Å². The fourth-order valence-corrected chi connectivity index (χ4v) is 13.7. The van der Waals surface area contributed by atoms with Gasteiger partial charge >= 0.3 is 6.16 Å². The second-order valence-corrected chi connectivity index (χ2v) is 24.4. The number of nitro benzene ring substituents is 1. The Morgan fingerprint density at radius 1 is 0.800 bits per heavy atom. The molecule has 15 nitrogen and oxygen atoms in total. The fourth-order valence-electron chi connectivity index (χ4n) is 13.2. The Hall–Kier alpha value is -4.96. The molecule has 414 valence electrons. The van der Waals surface area contributed by atoms with Crippen LogP contribution in [0.4, 0.5) is 16.2 Å². The lowest BCUT2D eigenvalue weighted by Gasteiger charge is -2.58. The molecule has 3 fully saturated rings. The van der Waals surface area contributed by atoms with E-state index in [2.05, 4.69) is 62.0 Å². The lowest BCUT2D eigenvalue weighted by Crippen LogP contribution is -2.53. The minimum Gasteiger partial charge on any atom is -0.429 e. The van der Waals surface area contributed by atoms with E-state index in [1.54, 1.807) is 29.8 Å². The summed E-state index contributed by atoms with van der Waals surface area (Å²) in [5.74, 6) is 4.07. The molecule has 16 heteroatoms. The predicted molar refractivity (Wildman–Crippen MR) is 295 cm³/mol. The predicted octanol–water partition coefficient (Wildman–Crippen LogP) is 11.7. The van der Waals surface area contributed by atoms with Crippen molar-refractivity contribution in [2.24, 2.45) is 52.3 Å². The standard InChI is InChI=1S/C59H87N5O10S/c1-38(2)11-9-12-40(5)48-23-24-49-47-22-15-42-36-46(27-30-58(42,6)50(47)28-31-59(48,49)7)72-33-10-32-60-53(65)25-26-54(66)62-52(35-39(3)4)56(68)63-51(29-34-75-8)55(67)61-43-16-13-41(14-17-43)37-73-57(69)74-45-20-18-44(19-21-45)64(70)71/h13-21,38-40,46-52H,9-12,22-37H2,1-8H3,(H,60,65)(H,61,67)(H,62,66)(H,63,68)/t40-,46+,47+,48?,49?,50?,51+,52+,58+,59-/m1/s1. The number of anilines is 1. The van der Waals surface area contributed by atoms with Crippen molar-refractivity contribution in [2.45, 2.75) is 176 Å². The number of ether oxygens (including phenoxy) is 3. The van der Waals surface area contributed by atoms with E-state index < -0.39 is 40.9 Å². The number of nitrogens with one attached hydrogen (secondary N) is 4. The summed E-state index contributed by atoms with van der Waals surface area (Å²) in [6.07, 6.45) is 19.2. The van der Waals surface area contributed by atoms with E-state index in [1.165, 1.54) is 93.8 Å². The van der Waals surface area contributed by atoms with Gasteiger partial charge in [-0.3, -0.25) is 29.3 Å². The summed E-state index contributed by atoms with van der Waals surface area (Å²) in [6.45, 7) is 17.3. The van der Waals surface area contributed by atoms with Crippen molar-refractivity contribution in [3.63, 3.8) is 0 Å². The molecule has 10 atom stereocenters. The van der Waals surface area contributed by atoms with Gasteiger partial charge in [-0.2, -0.15) is 11.8 Å². The number of hydrogen-bond donors (Lipinski definition) is 4. The number of nitrogens with zero attached hydrogens (tertiary/aromatic N) is 1. The van der Waals surface area contributed by atoms with Crippen LogP contribution in [0.5, 0.6) is 5.75 Å². The maximum absolute atomic E-state index is 13.7. The molecular weight excluding hydrogens is 971 g/mol. The minimum atomic E-state index is -0.991. The number of benzene rings is 2. The number of carbonyl (C=O) groups excluding carboxylic acids is 5. The molecule has 2 aromatic rings. The lowest BCUT2D eigenvalue weighted by molar-refractivity contribution is -0.384. The summed E-state index contributed by atoms with van der Waals surface area (Å²) in [5.41, 5.74) is 3.30. The summed E-state index contributed by atoms with van der Waals surface area (Å²) >= 11 is 1.53. The number of thioether (sulfide) groups is 1. The molecular formula is C59H87N5O10S. The molecule has 4 aliphatic carbocycles. The fraction of sp³-hybridized carbons (Fsp3) is 0.678. The zero-order chi connectivity index (χ0) is 54.3. The number of non-ortho nitro benzene ring substituents is 1. The number of fused-ring (bicyclic) bond motifs is 5. The van der Waals surface area contributed by atoms with Crippen molar-refractivity contribution in [2.75, 3.05) is 30.5 Å². The SMILES string of the molecule is CSCC[C@H](NC(=O)[C@H](CC(C)C)NC(=O)CCC(=O)NCCCO[C@H]1CC[C@@]2(C)C(=CC[C@H]3C4CCC([C@H](C)CCCC(C)C)[C@@]4(C)CCC32)C1)C(=O)Nc1ccc(COC(=O)Oc2ccc([N+](=O)[O-])cc2)cc1. The van der Waals surface area contributed by atoms with E-state index >= 15 is 0 Å². The smallest absolute Gasteiger partial charge is 0.429 e. The molecule has 4 aliphatic rings. The highest BCUT2D eigenvalue weighted by atomic mass is 32.2. The molecule has 0 aromatic heterocycles. The van der Waals surface area contributed by atoms with Crippen LogP contribution < -0.4 is 26.0 Å². The topological polar surface area (TPSA) is 204 Å². The summed E-state index contributed by atoms with van der Waals surface area (Å²) in [6, 6.07) is 9.78. The first-order chi connectivity index (χ1) is 35.8. The van der Waals surface area contributed by atoms with E-state index in [9.17, 15) is 34.1 Å². The molecule has 4 amide bonds. The first-order valence-corrected chi connectivity index (χ1v) is 29.3. The molecule has 0 heterocycles. The van der Waals surface area contributed by atoms with Crippen molar-refractivity contribution in [1.29, 1.82) is 0 Å². The van der Waals surface area contributed by atoms with Crippen LogP contribution in [-0.2, 0) is 35.3 Å². The zero-order valence-corrected chi connectivity index (χ0v) is 46.9. The van der Waals surface area contributed by atoms with Gasteiger partial charge in [-0.1, -0.05) is 91.5 Å². The van der Waals surface area contributed by atoms with Gasteiger partial charge in [0.2, 0.25) is 23.6 Å². The van der Waals surface area contributed by atoms with Gasteiger partial charge < -0.3 is 35.5 Å². The van der Waals surface area contributed by atoms with Gasteiger partial charge in [-0.25, -0.2) is 4.79 Å². The molecule has 0 spiro atoms. The zero-order valence-electron chi connectivity index (χ0n) is 46.0. The summed E-state index contributed by atoms with van der Waals surface area (Å²) in [5, 5.41) is 22.3. The highest BCUT2D eigenvalue weighted by Crippen LogP contribution is 2.67. The molecule has 6 rings (SSSR count). The van der Waals surface area contributed by atoms with Gasteiger partial charge in [0.15, 0.2) is 0 Å². The van der Waals surface area contributed by atoms with E-state index in [1.807, 2.05) is 20.1 Å². The maximum Gasteiger partial charge on any atom is 0.514 e. The lowest BCUT2D eigenvalue weighted by atomic mass is 9.47. The number of carbonyl (C=O) groups is 5. The number of hydrogen-bond acceptors (Lipinski definition) is 11. The van der Waals surface area contributed by atoms with Gasteiger partial charge in [0.25, 0.3) is 5.69 Å². The third kappa shape index (κ3) is 16.5. The molecule has 2 aromatic carbocycles. The third-order valence-corrected chi connectivity index (χ3v) is 17.9. The van der Waals surface area contributed by atoms with Gasteiger partial charge in [-0.15, -0.1) is 0 Å². The summed E-state index contributed by atoms with van der Waals surface area (Å²) in [7, 11) is 0. The number of allylic oxidation sites excluding steroid dienone is 1. The first-order valence-electron chi connectivity index (χ1n) is 27.9. The number of amides is 4.